The second kappa shape index (κ2) is 25.8. The molecule has 13 aliphatic rings. The molecule has 1 aromatic heterocycles. The average molecular weight is 1390 g/mol. The number of ether oxygens (including phenoxy) is 4. The quantitative estimate of drug-likeness (QED) is 0.0489. The van der Waals surface area contributed by atoms with Crippen molar-refractivity contribution in [2.75, 3.05) is 26.9 Å². The summed E-state index contributed by atoms with van der Waals surface area (Å²) in [6.45, 7) is 0.791. The van der Waals surface area contributed by atoms with Crippen LogP contribution in [0.2, 0.25) is 0 Å². The Hall–Kier alpha value is -8.19. The smallest absolute Gasteiger partial charge is 0.340 e. The number of esters is 2. The first-order valence-electron chi connectivity index (χ1n) is 39.3. The van der Waals surface area contributed by atoms with Crippen LogP contribution < -0.4 is 10.4 Å². The molecule has 6 aromatic carbocycles. The van der Waals surface area contributed by atoms with E-state index in [0.29, 0.717) is 71.3 Å². The third-order valence-electron chi connectivity index (χ3n) is 29.3. The first-order valence-corrected chi connectivity index (χ1v) is 39.3. The molecule has 3 N–H and O–H groups in total. The second-order valence-electron chi connectivity index (χ2n) is 33.6. The first kappa shape index (κ1) is 66.5. The van der Waals surface area contributed by atoms with Gasteiger partial charge in [0, 0.05) is 77.6 Å². The van der Waals surface area contributed by atoms with Crippen LogP contribution >= 0.6 is 0 Å². The van der Waals surface area contributed by atoms with Gasteiger partial charge in [0.05, 0.1) is 25.4 Å². The summed E-state index contributed by atoms with van der Waals surface area (Å²) in [7, 11) is 1.54. The summed E-state index contributed by atoms with van der Waals surface area (Å²) in [5.74, 6) is -0.888. The summed E-state index contributed by atoms with van der Waals surface area (Å²) < 4.78 is 35.6. The van der Waals surface area contributed by atoms with Crippen molar-refractivity contribution >= 4 is 35.1 Å². The Kier molecular flexibility index (Phi) is 16.5. The van der Waals surface area contributed by atoms with E-state index in [1.807, 2.05) is 19.1 Å². The largest absolute Gasteiger partial charge is 0.482 e. The zero-order valence-electron chi connectivity index (χ0n) is 60.0. The molecule has 1 saturated heterocycles. The molecule has 9 aliphatic carbocycles. The number of carbonyl (C=O) groups excluding carboxylic acids is 2. The number of aryl methyl sites for hydroxylation is 1. The van der Waals surface area contributed by atoms with Crippen molar-refractivity contribution in [3.05, 3.63) is 263 Å². The molecule has 5 heterocycles. The Balaban J connectivity index is 0.850. The lowest BCUT2D eigenvalue weighted by Crippen LogP contribution is -2.64. The maximum absolute atomic E-state index is 16.9. The Morgan fingerprint density at radius 3 is 2.43 bits per heavy atom. The van der Waals surface area contributed by atoms with Crippen LogP contribution in [0, 0.1) is 46.3 Å². The van der Waals surface area contributed by atoms with Crippen molar-refractivity contribution in [1.29, 1.82) is 0 Å². The zero-order valence-corrected chi connectivity index (χ0v) is 60.0. The fraction of sp³-hybridized carbons (Fsp3) is 0.452. The highest BCUT2D eigenvalue weighted by molar-refractivity contribution is 5.91. The number of benzene rings is 6. The van der Waals surface area contributed by atoms with Gasteiger partial charge in [-0.05, 0) is 234 Å². The summed E-state index contributed by atoms with van der Waals surface area (Å²) in [6.07, 6.45) is 31.5. The number of aliphatic hydroxyl groups is 3. The Morgan fingerprint density at radius 2 is 1.58 bits per heavy atom. The zero-order chi connectivity index (χ0) is 70.4. The molecule has 11 nitrogen and oxygen atoms in total. The van der Waals surface area contributed by atoms with E-state index in [1.165, 1.54) is 74.0 Å². The van der Waals surface area contributed by atoms with Crippen LogP contribution in [-0.2, 0) is 48.7 Å². The topological polar surface area (TPSA) is 162 Å². The number of rotatable bonds is 11. The average Bonchev–Trinajstić information content (AvgIpc) is 1.50. The van der Waals surface area contributed by atoms with Gasteiger partial charge >= 0.3 is 17.6 Å². The van der Waals surface area contributed by atoms with Crippen LogP contribution in [0.3, 0.4) is 0 Å². The third kappa shape index (κ3) is 9.96. The van der Waals surface area contributed by atoms with E-state index < -0.39 is 53.3 Å². The highest BCUT2D eigenvalue weighted by atomic mass is 16.6. The minimum Gasteiger partial charge on any atom is -0.482 e. The van der Waals surface area contributed by atoms with Crippen molar-refractivity contribution in [3.8, 4) is 5.75 Å². The van der Waals surface area contributed by atoms with Gasteiger partial charge in [-0.1, -0.05) is 177 Å². The van der Waals surface area contributed by atoms with Crippen LogP contribution in [0.4, 0.5) is 0 Å². The summed E-state index contributed by atoms with van der Waals surface area (Å²) in [5, 5.41) is 34.1. The molecular formula is C93H96O11. The van der Waals surface area contributed by atoms with E-state index in [-0.39, 0.29) is 108 Å². The van der Waals surface area contributed by atoms with Crippen LogP contribution in [-0.4, -0.2) is 65.9 Å². The number of hydrogen-bond donors (Lipinski definition) is 3. The molecular weight excluding hydrogens is 1290 g/mol. The molecule has 7 aromatic rings. The highest BCUT2D eigenvalue weighted by Crippen LogP contribution is 2.73. The fourth-order valence-corrected chi connectivity index (χ4v) is 25.2. The van der Waals surface area contributed by atoms with E-state index in [2.05, 4.69) is 164 Å². The molecule has 4 aliphatic heterocycles. The van der Waals surface area contributed by atoms with Crippen molar-refractivity contribution < 1.29 is 48.3 Å². The summed E-state index contributed by atoms with van der Waals surface area (Å²) in [4.78, 5) is 48.7. The highest BCUT2D eigenvalue weighted by Gasteiger charge is 2.70. The lowest BCUT2D eigenvalue weighted by atomic mass is 9.48. The number of carbonyl (C=O) groups is 2. The number of fused-ring (bicyclic) bond motifs is 15. The number of allylic oxidation sites excluding steroid dienone is 5. The van der Waals surface area contributed by atoms with Gasteiger partial charge in [-0.2, -0.15) is 0 Å². The first-order chi connectivity index (χ1) is 50.9. The van der Waals surface area contributed by atoms with E-state index in [9.17, 15) is 15.3 Å². The normalized spacial score (nSPS) is 34.2. The predicted molar refractivity (Wildman–Crippen MR) is 402 cm³/mol. The molecule has 3 saturated carbocycles. The van der Waals surface area contributed by atoms with Crippen LogP contribution in [0.5, 0.6) is 5.75 Å². The van der Waals surface area contributed by atoms with Crippen LogP contribution in [0.15, 0.2) is 184 Å². The molecule has 104 heavy (non-hydrogen) atoms. The fourth-order valence-electron chi connectivity index (χ4n) is 25.2. The predicted octanol–water partition coefficient (Wildman–Crippen LogP) is 17.7. The van der Waals surface area contributed by atoms with Gasteiger partial charge in [0.1, 0.15) is 11.3 Å². The van der Waals surface area contributed by atoms with Crippen molar-refractivity contribution in [2.45, 2.75) is 188 Å². The van der Waals surface area contributed by atoms with E-state index >= 15 is 14.4 Å². The van der Waals surface area contributed by atoms with Gasteiger partial charge in [-0.15, -0.1) is 0 Å². The monoisotopic (exact) mass is 1390 g/mol. The molecule has 3 spiro atoms. The van der Waals surface area contributed by atoms with E-state index in [4.69, 9.17) is 23.4 Å². The van der Waals surface area contributed by atoms with Gasteiger partial charge < -0.3 is 38.7 Å². The van der Waals surface area contributed by atoms with Gasteiger partial charge in [-0.25, -0.2) is 9.59 Å². The summed E-state index contributed by atoms with van der Waals surface area (Å²) >= 11 is 0. The van der Waals surface area contributed by atoms with Gasteiger partial charge in [-0.3, -0.25) is 4.79 Å². The summed E-state index contributed by atoms with van der Waals surface area (Å²) in [6, 6.07) is 47.2. The molecule has 0 radical (unpaired) electrons. The number of hydrogen-bond acceptors (Lipinski definition) is 11. The van der Waals surface area contributed by atoms with Crippen molar-refractivity contribution in [1.82, 2.24) is 0 Å². The molecule has 0 amide bonds. The summed E-state index contributed by atoms with van der Waals surface area (Å²) in [5.41, 5.74) is 13.4. The molecule has 4 fully saturated rings. The lowest BCUT2D eigenvalue weighted by molar-refractivity contribution is -0.210. The van der Waals surface area contributed by atoms with Gasteiger partial charge in [0.15, 0.2) is 17.8 Å². The van der Waals surface area contributed by atoms with Crippen LogP contribution in [0.25, 0.3) is 23.1 Å². The van der Waals surface area contributed by atoms with Gasteiger partial charge in [0.25, 0.3) is 0 Å². The molecule has 18 atom stereocenters. The SMILES string of the molecule is COC[C@@H](CCO)c1c(CO)c2ccc3c(c2oc1=O)[C@H]1OC(=O)C[C@@H]2C[C@H](c4cccc5c4CC[C@@H]4CCC[C@H]6C=Cc7ccccc7[C@@]546)C=C[C@H]2c2ccc4c(c2)[C@@H]2C[C@]56C=CC[C@@](O3)([C@H]1OC(=O)/C(=C(/C)CO)C[C@H]4[C@]1(CCC[C@@H]1CCc1ccccc1)C2)[C@H]5C[C@@H]1c2ccccc2C=C[C@@H]16. The molecule has 0 unspecified atom stereocenters. The molecule has 11 heteroatoms. The van der Waals surface area contributed by atoms with E-state index in [1.54, 1.807) is 7.11 Å². The Labute approximate surface area is 610 Å². The van der Waals surface area contributed by atoms with Gasteiger partial charge in [0.2, 0.25) is 0 Å². The Bertz CT molecular complexity index is 4830. The molecule has 20 rings (SSSR count). The third-order valence-corrected chi connectivity index (χ3v) is 29.3. The second-order valence-corrected chi connectivity index (χ2v) is 33.6. The lowest BCUT2D eigenvalue weighted by Gasteiger charge is -2.57. The van der Waals surface area contributed by atoms with Crippen LogP contribution in [0.1, 0.15) is 229 Å². The molecule has 534 valence electrons. The van der Waals surface area contributed by atoms with Crippen molar-refractivity contribution in [3.63, 3.8) is 0 Å². The van der Waals surface area contributed by atoms with Crippen molar-refractivity contribution in [2.24, 2.45) is 46.3 Å². The minimum atomic E-state index is -1.41. The maximum atomic E-state index is 16.9. The standard InChI is InChI=1S/C93H96O11/c1-54(51-95)72-47-79-70-34-28-59-45-73(70)62(49-90(79)40-12-20-63(90)30-25-55-14-4-3-5-15-55)50-91-41-13-42-92(81(91)48-74-67-21-8-6-16-56(67)29-37-77(74)91)87(103-88(72)98)86(84-80(104-92)38-36-71-75(52-96)83(89(99)102-85(71)84)60(39-43-94)53-100-2)101-82(97)46-61-44-58(27-33-66(59)61)68-22-11-24-78-69(68)35-32-65-19-10-18-64-31-26-57-17-7-9-23-76(57)93(64,65)78/h3-9,11,13-17,21-24,26-29,31,33-34,36-38,41,45,58,60-66,74,77,79,81,86-87,94-96H,10,12,18-20,25,30,32,35,39-40,42-44,46-53H2,1-2H3/b72-54-/t58-,60-,61+,62+,63-,64+,65+,66+,74-,77+,79-,81+,86-,87+,90-,91+,92+,93+/m1/s1. The maximum Gasteiger partial charge on any atom is 0.340 e. The number of aliphatic hydroxyl groups excluding tert-OH is 3. The molecule has 8 bridgehead atoms. The minimum absolute atomic E-state index is 0.00640. The Morgan fingerprint density at radius 1 is 0.750 bits per heavy atom. The van der Waals surface area contributed by atoms with E-state index in [0.717, 1.165) is 64.2 Å². The number of methoxy groups -OCH3 is 1.